The smallest absolute Gasteiger partial charge is 0.219 e. The van der Waals surface area contributed by atoms with Gasteiger partial charge in [0.15, 0.2) is 5.96 Å². The molecule has 2 atom stereocenters. The van der Waals surface area contributed by atoms with Gasteiger partial charge in [-0.15, -0.1) is 0 Å². The second kappa shape index (κ2) is 10.6. The Bertz CT molecular complexity index is 669. The Labute approximate surface area is 176 Å². The summed E-state index contributed by atoms with van der Waals surface area (Å²) in [6, 6.07) is 11.0. The zero-order valence-corrected chi connectivity index (χ0v) is 18.3. The van der Waals surface area contributed by atoms with Crippen molar-refractivity contribution in [3.05, 3.63) is 35.9 Å². The second-order valence-corrected chi connectivity index (χ2v) is 8.24. The largest absolute Gasteiger partial charge is 0.355 e. The molecule has 6 nitrogen and oxygen atoms in total. The number of guanidine groups is 1. The van der Waals surface area contributed by atoms with Crippen molar-refractivity contribution in [2.24, 2.45) is 10.9 Å². The molecule has 3 rings (SSSR count). The van der Waals surface area contributed by atoms with Crippen LogP contribution in [0.15, 0.2) is 35.3 Å². The average molecular weight is 400 g/mol. The molecule has 1 aromatic rings. The van der Waals surface area contributed by atoms with Gasteiger partial charge in [0, 0.05) is 66.3 Å². The van der Waals surface area contributed by atoms with Gasteiger partial charge in [-0.2, -0.15) is 0 Å². The van der Waals surface area contributed by atoms with Gasteiger partial charge in [0.2, 0.25) is 5.91 Å². The van der Waals surface area contributed by atoms with Crippen molar-refractivity contribution >= 4 is 11.9 Å². The first-order chi connectivity index (χ1) is 14.1. The lowest BCUT2D eigenvalue weighted by molar-refractivity contribution is -0.130. The van der Waals surface area contributed by atoms with E-state index in [0.29, 0.717) is 11.8 Å². The molecule has 2 fully saturated rings. The highest BCUT2D eigenvalue weighted by Gasteiger charge is 2.30. The van der Waals surface area contributed by atoms with Crippen molar-refractivity contribution in [3.63, 3.8) is 0 Å². The van der Waals surface area contributed by atoms with Crippen LogP contribution in [0.4, 0.5) is 0 Å². The number of carbonyl (C=O) groups excluding carboxylic acids is 1. The Morgan fingerprint density at radius 3 is 2.45 bits per heavy atom. The van der Waals surface area contributed by atoms with E-state index in [9.17, 15) is 4.79 Å². The molecule has 2 aliphatic rings. The van der Waals surface area contributed by atoms with Gasteiger partial charge in [0.05, 0.1) is 0 Å². The molecule has 2 heterocycles. The minimum absolute atomic E-state index is 0.188. The van der Waals surface area contributed by atoms with Gasteiger partial charge in [-0.05, 0) is 23.8 Å². The van der Waals surface area contributed by atoms with Crippen LogP contribution in [0.25, 0.3) is 0 Å². The van der Waals surface area contributed by atoms with Crippen LogP contribution < -0.4 is 5.32 Å². The van der Waals surface area contributed by atoms with Crippen molar-refractivity contribution in [2.45, 2.75) is 32.6 Å². The predicted molar refractivity (Wildman–Crippen MR) is 119 cm³/mol. The first-order valence-electron chi connectivity index (χ1n) is 11.1. The van der Waals surface area contributed by atoms with Gasteiger partial charge in [-0.1, -0.05) is 43.7 Å². The summed E-state index contributed by atoms with van der Waals surface area (Å²) in [7, 11) is 1.89. The fourth-order valence-corrected chi connectivity index (χ4v) is 4.72. The molecule has 0 saturated carbocycles. The molecule has 2 saturated heterocycles. The van der Waals surface area contributed by atoms with E-state index in [1.54, 1.807) is 6.92 Å². The number of nitrogens with zero attached hydrogens (tertiary/aromatic N) is 4. The standard InChI is InChI=1S/C23H37N5O/c1-4-20-18-28(12-10-22(20)21-8-6-5-7-9-21)23(24-3)25-11-13-26-14-16-27(17-15-26)19(2)29/h5-9,20,22H,4,10-18H2,1-3H3,(H,24,25). The summed E-state index contributed by atoms with van der Waals surface area (Å²) in [5.74, 6) is 2.52. The van der Waals surface area contributed by atoms with E-state index in [-0.39, 0.29) is 5.91 Å². The number of nitrogens with one attached hydrogen (secondary N) is 1. The number of piperazine rings is 1. The van der Waals surface area contributed by atoms with E-state index in [2.05, 4.69) is 57.4 Å². The third kappa shape index (κ3) is 5.72. The maximum Gasteiger partial charge on any atom is 0.219 e. The van der Waals surface area contributed by atoms with Gasteiger partial charge < -0.3 is 15.1 Å². The van der Waals surface area contributed by atoms with Crippen LogP contribution in [0, 0.1) is 5.92 Å². The molecular weight excluding hydrogens is 362 g/mol. The summed E-state index contributed by atoms with van der Waals surface area (Å²) in [4.78, 5) is 22.8. The summed E-state index contributed by atoms with van der Waals surface area (Å²) >= 11 is 0. The van der Waals surface area contributed by atoms with Crippen molar-refractivity contribution in [2.75, 3.05) is 59.4 Å². The second-order valence-electron chi connectivity index (χ2n) is 8.24. The maximum atomic E-state index is 11.5. The van der Waals surface area contributed by atoms with Crippen molar-refractivity contribution < 1.29 is 4.79 Å². The molecule has 160 valence electrons. The summed E-state index contributed by atoms with van der Waals surface area (Å²) in [6.45, 7) is 11.6. The molecule has 2 unspecified atom stereocenters. The first-order valence-corrected chi connectivity index (χ1v) is 11.1. The quantitative estimate of drug-likeness (QED) is 0.609. The Balaban J connectivity index is 1.46. The Kier molecular flexibility index (Phi) is 7.92. The molecule has 0 aliphatic carbocycles. The van der Waals surface area contributed by atoms with Crippen LogP contribution in [0.2, 0.25) is 0 Å². The Morgan fingerprint density at radius 2 is 1.83 bits per heavy atom. The number of hydrogen-bond donors (Lipinski definition) is 1. The topological polar surface area (TPSA) is 51.2 Å². The third-order valence-corrected chi connectivity index (χ3v) is 6.53. The van der Waals surface area contributed by atoms with Gasteiger partial charge in [0.25, 0.3) is 0 Å². The van der Waals surface area contributed by atoms with Crippen LogP contribution in [0.1, 0.15) is 38.2 Å². The highest BCUT2D eigenvalue weighted by molar-refractivity contribution is 5.80. The van der Waals surface area contributed by atoms with Crippen molar-refractivity contribution in [1.82, 2.24) is 20.0 Å². The van der Waals surface area contributed by atoms with E-state index >= 15 is 0 Å². The normalized spacial score (nSPS) is 23.9. The van der Waals surface area contributed by atoms with E-state index in [1.807, 2.05) is 11.9 Å². The lowest BCUT2D eigenvalue weighted by atomic mass is 9.79. The van der Waals surface area contributed by atoms with E-state index in [1.165, 1.54) is 18.4 Å². The number of carbonyl (C=O) groups is 1. The molecule has 1 aromatic carbocycles. The molecule has 0 spiro atoms. The minimum Gasteiger partial charge on any atom is -0.355 e. The number of aliphatic imine (C=N–C) groups is 1. The molecule has 0 aromatic heterocycles. The summed E-state index contributed by atoms with van der Waals surface area (Å²) in [5, 5.41) is 3.57. The van der Waals surface area contributed by atoms with E-state index in [0.717, 1.165) is 58.3 Å². The minimum atomic E-state index is 0.188. The summed E-state index contributed by atoms with van der Waals surface area (Å²) in [5.41, 5.74) is 1.48. The number of piperidine rings is 1. The van der Waals surface area contributed by atoms with Crippen molar-refractivity contribution in [3.8, 4) is 0 Å². The molecule has 0 radical (unpaired) electrons. The molecule has 1 amide bonds. The number of hydrogen-bond acceptors (Lipinski definition) is 3. The number of likely N-dealkylation sites (tertiary alicyclic amines) is 1. The maximum absolute atomic E-state index is 11.5. The first kappa shape index (κ1) is 21.6. The molecule has 0 bridgehead atoms. The molecule has 2 aliphatic heterocycles. The lowest BCUT2D eigenvalue weighted by Crippen LogP contribution is -2.52. The van der Waals surface area contributed by atoms with Crippen LogP contribution in [0.5, 0.6) is 0 Å². The van der Waals surface area contributed by atoms with Gasteiger partial charge >= 0.3 is 0 Å². The van der Waals surface area contributed by atoms with E-state index < -0.39 is 0 Å². The average Bonchev–Trinajstić information content (AvgIpc) is 2.77. The fraction of sp³-hybridized carbons (Fsp3) is 0.652. The number of benzene rings is 1. The van der Waals surface area contributed by atoms with Gasteiger partial charge in [-0.25, -0.2) is 0 Å². The predicted octanol–water partition coefficient (Wildman–Crippen LogP) is 2.24. The molecule has 29 heavy (non-hydrogen) atoms. The monoisotopic (exact) mass is 399 g/mol. The van der Waals surface area contributed by atoms with Crippen molar-refractivity contribution in [1.29, 1.82) is 0 Å². The number of amides is 1. The highest BCUT2D eigenvalue weighted by atomic mass is 16.2. The Hall–Kier alpha value is -2.08. The molecule has 6 heteroatoms. The summed E-state index contributed by atoms with van der Waals surface area (Å²) < 4.78 is 0. The zero-order valence-electron chi connectivity index (χ0n) is 18.3. The SMILES string of the molecule is CCC1CN(C(=NC)NCCN2CCN(C(C)=O)CC2)CCC1c1ccccc1. The Morgan fingerprint density at radius 1 is 1.10 bits per heavy atom. The van der Waals surface area contributed by atoms with Crippen LogP contribution >= 0.6 is 0 Å². The van der Waals surface area contributed by atoms with Gasteiger partial charge in [0.1, 0.15) is 0 Å². The van der Waals surface area contributed by atoms with Crippen LogP contribution in [-0.4, -0.2) is 86.0 Å². The van der Waals surface area contributed by atoms with Crippen LogP contribution in [0.3, 0.4) is 0 Å². The number of rotatable bonds is 5. The summed E-state index contributed by atoms with van der Waals surface area (Å²) in [6.07, 6.45) is 2.36. The zero-order chi connectivity index (χ0) is 20.6. The molecule has 1 N–H and O–H groups in total. The third-order valence-electron chi connectivity index (χ3n) is 6.53. The van der Waals surface area contributed by atoms with Gasteiger partial charge in [-0.3, -0.25) is 14.7 Å². The lowest BCUT2D eigenvalue weighted by Gasteiger charge is -2.40. The molecular formula is C23H37N5O. The highest BCUT2D eigenvalue weighted by Crippen LogP contribution is 2.34. The fourth-order valence-electron chi connectivity index (χ4n) is 4.72. The van der Waals surface area contributed by atoms with E-state index in [4.69, 9.17) is 0 Å². The van der Waals surface area contributed by atoms with Crippen LogP contribution in [-0.2, 0) is 4.79 Å².